The van der Waals surface area contributed by atoms with Crippen LogP contribution in [0.25, 0.3) is 0 Å². The molecular weight excluding hydrogens is 246 g/mol. The van der Waals surface area contributed by atoms with E-state index in [2.05, 4.69) is 10.3 Å². The SMILES string of the molecule is CN(CC(=O)NC1CC1)Cc1cnc(Cl)s1. The van der Waals surface area contributed by atoms with Crippen LogP contribution in [0.2, 0.25) is 4.47 Å². The average molecular weight is 260 g/mol. The molecule has 6 heteroatoms. The van der Waals surface area contributed by atoms with E-state index >= 15 is 0 Å². The largest absolute Gasteiger partial charge is 0.352 e. The Labute approximate surface area is 104 Å². The number of hydrogen-bond acceptors (Lipinski definition) is 4. The smallest absolute Gasteiger partial charge is 0.234 e. The van der Waals surface area contributed by atoms with E-state index in [1.54, 1.807) is 6.20 Å². The minimum absolute atomic E-state index is 0.0978. The van der Waals surface area contributed by atoms with Crippen molar-refractivity contribution >= 4 is 28.8 Å². The van der Waals surface area contributed by atoms with Gasteiger partial charge in [-0.1, -0.05) is 11.6 Å². The molecule has 0 saturated heterocycles. The Morgan fingerprint density at radius 3 is 3.06 bits per heavy atom. The first-order valence-corrected chi connectivity index (χ1v) is 6.41. The predicted molar refractivity (Wildman–Crippen MR) is 64.6 cm³/mol. The van der Waals surface area contributed by atoms with Gasteiger partial charge in [0.1, 0.15) is 0 Å². The summed E-state index contributed by atoms with van der Waals surface area (Å²) in [5.74, 6) is 0.0978. The fraction of sp³-hybridized carbons (Fsp3) is 0.600. The van der Waals surface area contributed by atoms with Crippen molar-refractivity contribution in [1.82, 2.24) is 15.2 Å². The first kappa shape index (κ1) is 11.8. The molecule has 1 aliphatic rings. The number of rotatable bonds is 5. The number of halogens is 1. The third-order valence-corrected chi connectivity index (χ3v) is 3.41. The highest BCUT2D eigenvalue weighted by atomic mass is 35.5. The molecule has 0 unspecified atom stereocenters. The van der Waals surface area contributed by atoms with Gasteiger partial charge in [0, 0.05) is 23.7 Å². The van der Waals surface area contributed by atoms with E-state index in [0.29, 0.717) is 23.6 Å². The van der Waals surface area contributed by atoms with Gasteiger partial charge in [0.15, 0.2) is 4.47 Å². The van der Waals surface area contributed by atoms with Crippen LogP contribution in [0.4, 0.5) is 0 Å². The lowest BCUT2D eigenvalue weighted by Gasteiger charge is -2.14. The molecular formula is C10H14ClN3OS. The zero-order valence-corrected chi connectivity index (χ0v) is 10.6. The van der Waals surface area contributed by atoms with E-state index in [9.17, 15) is 4.79 Å². The maximum atomic E-state index is 11.5. The van der Waals surface area contributed by atoms with E-state index < -0.39 is 0 Å². The molecule has 1 aromatic rings. The normalized spacial score (nSPS) is 15.4. The van der Waals surface area contributed by atoms with Crippen molar-refractivity contribution in [3.05, 3.63) is 15.5 Å². The van der Waals surface area contributed by atoms with Crippen molar-refractivity contribution in [1.29, 1.82) is 0 Å². The lowest BCUT2D eigenvalue weighted by molar-refractivity contribution is -0.122. The number of nitrogens with zero attached hydrogens (tertiary/aromatic N) is 2. The summed E-state index contributed by atoms with van der Waals surface area (Å²) in [5.41, 5.74) is 0. The van der Waals surface area contributed by atoms with E-state index in [4.69, 9.17) is 11.6 Å². The van der Waals surface area contributed by atoms with E-state index in [1.165, 1.54) is 11.3 Å². The summed E-state index contributed by atoms with van der Waals surface area (Å²) in [4.78, 5) is 18.5. The number of likely N-dealkylation sites (N-methyl/N-ethyl adjacent to an activating group) is 1. The summed E-state index contributed by atoms with van der Waals surface area (Å²) in [7, 11) is 1.92. The zero-order valence-electron chi connectivity index (χ0n) is 9.07. The van der Waals surface area contributed by atoms with Crippen LogP contribution >= 0.6 is 22.9 Å². The van der Waals surface area contributed by atoms with Crippen LogP contribution in [0.1, 0.15) is 17.7 Å². The Morgan fingerprint density at radius 2 is 2.50 bits per heavy atom. The second kappa shape index (κ2) is 5.12. The molecule has 0 aliphatic heterocycles. The second-order valence-electron chi connectivity index (χ2n) is 4.09. The summed E-state index contributed by atoms with van der Waals surface area (Å²) >= 11 is 7.19. The van der Waals surface area contributed by atoms with Crippen LogP contribution in [-0.4, -0.2) is 35.4 Å². The highest BCUT2D eigenvalue weighted by Crippen LogP contribution is 2.19. The number of carbonyl (C=O) groups excluding carboxylic acids is 1. The molecule has 0 spiro atoms. The Balaban J connectivity index is 1.74. The van der Waals surface area contributed by atoms with Crippen molar-refractivity contribution in [2.75, 3.05) is 13.6 Å². The average Bonchev–Trinajstić information content (AvgIpc) is 2.89. The molecule has 1 amide bonds. The topological polar surface area (TPSA) is 45.2 Å². The summed E-state index contributed by atoms with van der Waals surface area (Å²) in [5, 5.41) is 2.96. The minimum Gasteiger partial charge on any atom is -0.352 e. The highest BCUT2D eigenvalue weighted by Gasteiger charge is 2.23. The van der Waals surface area contributed by atoms with Crippen LogP contribution in [0, 0.1) is 0 Å². The van der Waals surface area contributed by atoms with E-state index in [-0.39, 0.29) is 5.91 Å². The number of thiazole rings is 1. The third-order valence-electron chi connectivity index (χ3n) is 2.31. The minimum atomic E-state index is 0.0978. The van der Waals surface area contributed by atoms with Crippen LogP contribution in [0.15, 0.2) is 6.20 Å². The number of hydrogen-bond donors (Lipinski definition) is 1. The number of amides is 1. The molecule has 16 heavy (non-hydrogen) atoms. The van der Waals surface area contributed by atoms with Gasteiger partial charge in [-0.3, -0.25) is 9.69 Å². The fourth-order valence-electron chi connectivity index (χ4n) is 1.42. The molecule has 1 saturated carbocycles. The molecule has 0 bridgehead atoms. The molecule has 1 aromatic heterocycles. The van der Waals surface area contributed by atoms with Crippen molar-refractivity contribution in [2.24, 2.45) is 0 Å². The molecule has 1 aliphatic carbocycles. The Kier molecular flexibility index (Phi) is 3.78. The van der Waals surface area contributed by atoms with Gasteiger partial charge in [-0.2, -0.15) is 0 Å². The van der Waals surface area contributed by atoms with Crippen molar-refractivity contribution in [3.63, 3.8) is 0 Å². The van der Waals surface area contributed by atoms with Gasteiger partial charge in [0.05, 0.1) is 6.54 Å². The van der Waals surface area contributed by atoms with Crippen LogP contribution in [-0.2, 0) is 11.3 Å². The second-order valence-corrected chi connectivity index (χ2v) is 5.79. The fourth-order valence-corrected chi connectivity index (χ4v) is 2.48. The van der Waals surface area contributed by atoms with E-state index in [1.807, 2.05) is 11.9 Å². The molecule has 2 rings (SSSR count). The maximum absolute atomic E-state index is 11.5. The molecule has 0 aromatic carbocycles. The standard InChI is InChI=1S/C10H14ClN3OS/c1-14(5-8-4-12-10(11)16-8)6-9(15)13-7-2-3-7/h4,7H,2-3,5-6H2,1H3,(H,13,15). The summed E-state index contributed by atoms with van der Waals surface area (Å²) in [6.45, 7) is 1.13. The van der Waals surface area contributed by atoms with Gasteiger partial charge in [-0.05, 0) is 19.9 Å². The number of aromatic nitrogens is 1. The molecule has 1 N–H and O–H groups in total. The summed E-state index contributed by atoms with van der Waals surface area (Å²) < 4.78 is 0.547. The number of nitrogens with one attached hydrogen (secondary N) is 1. The molecule has 4 nitrogen and oxygen atoms in total. The van der Waals surface area contributed by atoms with Gasteiger partial charge in [0.2, 0.25) is 5.91 Å². The van der Waals surface area contributed by atoms with Gasteiger partial charge in [-0.25, -0.2) is 4.98 Å². The summed E-state index contributed by atoms with van der Waals surface area (Å²) in [6, 6.07) is 0.429. The molecule has 1 heterocycles. The third kappa shape index (κ3) is 3.73. The Hall–Kier alpha value is -0.650. The Bertz CT molecular complexity index is 378. The van der Waals surface area contributed by atoms with Crippen molar-refractivity contribution in [2.45, 2.75) is 25.4 Å². The quantitative estimate of drug-likeness (QED) is 0.872. The maximum Gasteiger partial charge on any atom is 0.234 e. The lowest BCUT2D eigenvalue weighted by Crippen LogP contribution is -2.35. The zero-order chi connectivity index (χ0) is 11.5. The number of carbonyl (C=O) groups is 1. The van der Waals surface area contributed by atoms with Gasteiger partial charge >= 0.3 is 0 Å². The molecule has 88 valence electrons. The molecule has 0 atom stereocenters. The molecule has 0 radical (unpaired) electrons. The first-order valence-electron chi connectivity index (χ1n) is 5.21. The van der Waals surface area contributed by atoms with Crippen molar-refractivity contribution < 1.29 is 4.79 Å². The predicted octanol–water partition coefficient (Wildman–Crippen LogP) is 1.51. The van der Waals surface area contributed by atoms with Crippen molar-refractivity contribution in [3.8, 4) is 0 Å². The lowest BCUT2D eigenvalue weighted by atomic mass is 10.4. The van der Waals surface area contributed by atoms with Gasteiger partial charge < -0.3 is 5.32 Å². The van der Waals surface area contributed by atoms with Gasteiger partial charge in [-0.15, -0.1) is 11.3 Å². The van der Waals surface area contributed by atoms with Crippen LogP contribution < -0.4 is 5.32 Å². The monoisotopic (exact) mass is 259 g/mol. The first-order chi connectivity index (χ1) is 7.63. The molecule has 1 fully saturated rings. The Morgan fingerprint density at radius 1 is 1.75 bits per heavy atom. The van der Waals surface area contributed by atoms with Crippen LogP contribution in [0.3, 0.4) is 0 Å². The van der Waals surface area contributed by atoms with Gasteiger partial charge in [0.25, 0.3) is 0 Å². The summed E-state index contributed by atoms with van der Waals surface area (Å²) in [6.07, 6.45) is 4.00. The van der Waals surface area contributed by atoms with Crippen LogP contribution in [0.5, 0.6) is 0 Å². The van der Waals surface area contributed by atoms with E-state index in [0.717, 1.165) is 17.7 Å². The highest BCUT2D eigenvalue weighted by molar-refractivity contribution is 7.15.